The van der Waals surface area contributed by atoms with Crippen LogP contribution in [0.25, 0.3) is 11.1 Å². The third-order valence-electron chi connectivity index (χ3n) is 4.21. The third kappa shape index (κ3) is 2.83. The first kappa shape index (κ1) is 13.8. The van der Waals surface area contributed by atoms with Crippen molar-refractivity contribution in [2.75, 3.05) is 0 Å². The molecule has 0 N–H and O–H groups in total. The Morgan fingerprint density at radius 3 is 1.48 bits per heavy atom. The summed E-state index contributed by atoms with van der Waals surface area (Å²) in [6.45, 7) is 4.83. The lowest BCUT2D eigenvalue weighted by Gasteiger charge is -2.24. The minimum Gasteiger partial charge on any atom is -0.0626 e. The number of benzene rings is 3. The number of hydrogen-bond acceptors (Lipinski definition) is 0. The van der Waals surface area contributed by atoms with Crippen molar-refractivity contribution in [3.8, 4) is 11.1 Å². The smallest absolute Gasteiger partial charge is 0.0626 e. The SMILES string of the molecule is C[Si](C)(c1ccccc1)c1ccc(-c2ccccc2)cc1. The average Bonchev–Trinajstić information content (AvgIpc) is 2.57. The van der Waals surface area contributed by atoms with E-state index in [4.69, 9.17) is 0 Å². The summed E-state index contributed by atoms with van der Waals surface area (Å²) in [6, 6.07) is 30.6. The van der Waals surface area contributed by atoms with Crippen LogP contribution < -0.4 is 10.4 Å². The van der Waals surface area contributed by atoms with Crippen LogP contribution in [0.1, 0.15) is 0 Å². The highest BCUT2D eigenvalue weighted by molar-refractivity contribution is 7.00. The van der Waals surface area contributed by atoms with Crippen molar-refractivity contribution < 1.29 is 0 Å². The fourth-order valence-electron chi connectivity index (χ4n) is 2.73. The van der Waals surface area contributed by atoms with Gasteiger partial charge in [0.05, 0.1) is 0 Å². The lowest BCUT2D eigenvalue weighted by Crippen LogP contribution is -2.52. The van der Waals surface area contributed by atoms with Gasteiger partial charge in [-0.25, -0.2) is 0 Å². The van der Waals surface area contributed by atoms with E-state index in [-0.39, 0.29) is 0 Å². The van der Waals surface area contributed by atoms with Crippen LogP contribution in [0.4, 0.5) is 0 Å². The van der Waals surface area contributed by atoms with Gasteiger partial charge in [-0.15, -0.1) is 0 Å². The Bertz CT molecular complexity index is 698. The number of rotatable bonds is 3. The van der Waals surface area contributed by atoms with E-state index in [1.807, 2.05) is 0 Å². The average molecular weight is 288 g/mol. The first-order valence-corrected chi connectivity index (χ1v) is 10.4. The molecule has 0 spiro atoms. The Kier molecular flexibility index (Phi) is 3.76. The van der Waals surface area contributed by atoms with Crippen LogP contribution in [0.3, 0.4) is 0 Å². The molecule has 0 aliphatic rings. The van der Waals surface area contributed by atoms with Crippen molar-refractivity contribution >= 4 is 18.4 Å². The van der Waals surface area contributed by atoms with Gasteiger partial charge in [0.2, 0.25) is 0 Å². The summed E-state index contributed by atoms with van der Waals surface area (Å²) in [5.41, 5.74) is 2.57. The van der Waals surface area contributed by atoms with Crippen LogP contribution in [-0.4, -0.2) is 8.07 Å². The highest BCUT2D eigenvalue weighted by atomic mass is 28.3. The fraction of sp³-hybridized carbons (Fsp3) is 0.100. The Hall–Kier alpha value is -2.12. The first-order chi connectivity index (χ1) is 10.2. The Balaban J connectivity index is 1.94. The van der Waals surface area contributed by atoms with Crippen LogP contribution in [0.15, 0.2) is 84.9 Å². The summed E-state index contributed by atoms with van der Waals surface area (Å²) < 4.78 is 0. The van der Waals surface area contributed by atoms with E-state index in [1.54, 1.807) is 0 Å². The Morgan fingerprint density at radius 1 is 0.476 bits per heavy atom. The van der Waals surface area contributed by atoms with Crippen LogP contribution in [0, 0.1) is 0 Å². The molecule has 3 rings (SSSR count). The van der Waals surface area contributed by atoms with Gasteiger partial charge in [-0.1, -0.05) is 108 Å². The second-order valence-corrected chi connectivity index (χ2v) is 10.3. The molecule has 0 aromatic heterocycles. The largest absolute Gasteiger partial charge is 0.112 e. The molecule has 0 atom stereocenters. The van der Waals surface area contributed by atoms with E-state index in [0.29, 0.717) is 0 Å². The first-order valence-electron chi connectivity index (χ1n) is 7.39. The molecular formula is C20H20Si. The molecule has 1 heteroatoms. The zero-order chi connectivity index (χ0) is 14.7. The molecule has 0 radical (unpaired) electrons. The zero-order valence-corrected chi connectivity index (χ0v) is 13.6. The summed E-state index contributed by atoms with van der Waals surface area (Å²) in [6.07, 6.45) is 0. The number of hydrogen-bond donors (Lipinski definition) is 0. The lowest BCUT2D eigenvalue weighted by atomic mass is 10.1. The molecule has 0 aliphatic heterocycles. The summed E-state index contributed by atoms with van der Waals surface area (Å²) in [5, 5.41) is 2.96. The quantitative estimate of drug-likeness (QED) is 0.634. The maximum absolute atomic E-state index is 2.42. The molecule has 0 nitrogen and oxygen atoms in total. The maximum Gasteiger partial charge on any atom is 0.112 e. The van der Waals surface area contributed by atoms with Gasteiger partial charge in [0.15, 0.2) is 0 Å². The molecule has 21 heavy (non-hydrogen) atoms. The molecule has 0 amide bonds. The van der Waals surface area contributed by atoms with Crippen LogP contribution in [0.5, 0.6) is 0 Å². The van der Waals surface area contributed by atoms with E-state index in [2.05, 4.69) is 98.0 Å². The molecule has 0 unspecified atom stereocenters. The van der Waals surface area contributed by atoms with E-state index in [0.717, 1.165) is 0 Å². The summed E-state index contributed by atoms with van der Waals surface area (Å²) in [5.74, 6) is 0. The molecule has 3 aromatic carbocycles. The molecule has 0 bridgehead atoms. The van der Waals surface area contributed by atoms with E-state index in [1.165, 1.54) is 21.5 Å². The summed E-state index contributed by atoms with van der Waals surface area (Å²) in [4.78, 5) is 0. The van der Waals surface area contributed by atoms with Gasteiger partial charge in [0.1, 0.15) is 8.07 Å². The van der Waals surface area contributed by atoms with E-state index < -0.39 is 8.07 Å². The second-order valence-electron chi connectivity index (χ2n) is 5.93. The molecule has 104 valence electrons. The topological polar surface area (TPSA) is 0 Å². The van der Waals surface area contributed by atoms with Gasteiger partial charge in [-0.2, -0.15) is 0 Å². The molecule has 0 saturated carbocycles. The third-order valence-corrected chi connectivity index (χ3v) is 7.76. The molecule has 0 aliphatic carbocycles. The predicted octanol–water partition coefficient (Wildman–Crippen LogP) is 4.18. The minimum absolute atomic E-state index is 1.28. The van der Waals surface area contributed by atoms with Crippen molar-refractivity contribution in [1.82, 2.24) is 0 Å². The maximum atomic E-state index is 2.42. The van der Waals surface area contributed by atoms with Gasteiger partial charge < -0.3 is 0 Å². The Morgan fingerprint density at radius 2 is 0.905 bits per heavy atom. The van der Waals surface area contributed by atoms with Gasteiger partial charge in [-0.3, -0.25) is 0 Å². The molecule has 3 aromatic rings. The molecule has 0 heterocycles. The van der Waals surface area contributed by atoms with Crippen LogP contribution >= 0.6 is 0 Å². The van der Waals surface area contributed by atoms with Crippen molar-refractivity contribution in [3.63, 3.8) is 0 Å². The van der Waals surface area contributed by atoms with Crippen molar-refractivity contribution in [1.29, 1.82) is 0 Å². The highest BCUT2D eigenvalue weighted by Crippen LogP contribution is 2.18. The van der Waals surface area contributed by atoms with Crippen molar-refractivity contribution in [2.24, 2.45) is 0 Å². The van der Waals surface area contributed by atoms with Gasteiger partial charge >= 0.3 is 0 Å². The monoisotopic (exact) mass is 288 g/mol. The highest BCUT2D eigenvalue weighted by Gasteiger charge is 2.25. The molecule has 0 saturated heterocycles. The normalized spacial score (nSPS) is 11.3. The van der Waals surface area contributed by atoms with Crippen LogP contribution in [-0.2, 0) is 0 Å². The minimum atomic E-state index is -1.58. The standard InChI is InChI=1S/C20H20Si/c1-21(2,19-11-7-4-8-12-19)20-15-13-18(14-16-20)17-9-5-3-6-10-17/h3-16H,1-2H3. The lowest BCUT2D eigenvalue weighted by molar-refractivity contribution is 1.62. The molecule has 0 fully saturated rings. The van der Waals surface area contributed by atoms with Gasteiger partial charge in [0.25, 0.3) is 0 Å². The van der Waals surface area contributed by atoms with E-state index in [9.17, 15) is 0 Å². The van der Waals surface area contributed by atoms with Crippen molar-refractivity contribution in [3.05, 3.63) is 84.9 Å². The second kappa shape index (κ2) is 5.70. The van der Waals surface area contributed by atoms with E-state index >= 15 is 0 Å². The van der Waals surface area contributed by atoms with Gasteiger partial charge in [-0.05, 0) is 11.1 Å². The summed E-state index contributed by atoms with van der Waals surface area (Å²) >= 11 is 0. The van der Waals surface area contributed by atoms with Crippen LogP contribution in [0.2, 0.25) is 13.1 Å². The Labute approximate surface area is 128 Å². The zero-order valence-electron chi connectivity index (χ0n) is 12.6. The molecular weight excluding hydrogens is 268 g/mol. The fourth-order valence-corrected chi connectivity index (χ4v) is 5.09. The summed E-state index contributed by atoms with van der Waals surface area (Å²) in [7, 11) is -1.58. The van der Waals surface area contributed by atoms with Crippen molar-refractivity contribution in [2.45, 2.75) is 13.1 Å². The van der Waals surface area contributed by atoms with Gasteiger partial charge in [0, 0.05) is 0 Å². The predicted molar refractivity (Wildman–Crippen MR) is 95.1 cm³/mol.